The molecule has 4 nitrogen and oxygen atoms in total. The maximum atomic E-state index is 11.8. The number of nitrogens with two attached hydrogens (primary N) is 2. The first-order valence-corrected chi connectivity index (χ1v) is 6.03. The zero-order valence-corrected chi connectivity index (χ0v) is 10.5. The molecule has 0 aromatic heterocycles. The molecule has 0 saturated heterocycles. The quantitative estimate of drug-likeness (QED) is 0.463. The zero-order valence-electron chi connectivity index (χ0n) is 9.65. The third kappa shape index (κ3) is 4.95. The second-order valence-electron chi connectivity index (χ2n) is 3.50. The third-order valence-corrected chi connectivity index (χ3v) is 2.42. The number of nitrogens with zero attached hydrogens (tertiary/aromatic N) is 1. The van der Waals surface area contributed by atoms with Gasteiger partial charge >= 0.3 is 0 Å². The lowest BCUT2D eigenvalue weighted by Crippen LogP contribution is -2.22. The number of hydrogen-bond acceptors (Lipinski definition) is 3. The van der Waals surface area contributed by atoms with Crippen LogP contribution >= 0.6 is 12.1 Å². The molecule has 4 N–H and O–H groups in total. The number of benzene rings is 1. The van der Waals surface area contributed by atoms with Gasteiger partial charge in [0.25, 0.3) is 0 Å². The Labute approximate surface area is 105 Å². The van der Waals surface area contributed by atoms with E-state index in [1.165, 1.54) is 0 Å². The first-order chi connectivity index (χ1) is 8.13. The van der Waals surface area contributed by atoms with Crippen LogP contribution in [0.15, 0.2) is 23.2 Å². The number of guanidine groups is 1. The summed E-state index contributed by atoms with van der Waals surface area (Å²) in [5.41, 5.74) is 12.5. The SMILES string of the molecule is Cc1cc(CN=C(N)N)ccc1OCCSF. The molecule has 0 radical (unpaired) electrons. The molecule has 0 amide bonds. The third-order valence-electron chi connectivity index (χ3n) is 2.10. The van der Waals surface area contributed by atoms with Gasteiger partial charge in [-0.05, 0) is 24.1 Å². The number of ether oxygens (including phenoxy) is 1. The first kappa shape index (κ1) is 13.6. The molecule has 0 heterocycles. The van der Waals surface area contributed by atoms with E-state index in [0.29, 0.717) is 18.9 Å². The van der Waals surface area contributed by atoms with Crippen LogP contribution in [0.5, 0.6) is 5.75 Å². The zero-order chi connectivity index (χ0) is 12.7. The summed E-state index contributed by atoms with van der Waals surface area (Å²) in [5, 5.41) is 0. The average molecular weight is 257 g/mol. The number of halogens is 1. The second-order valence-corrected chi connectivity index (χ2v) is 4.13. The fourth-order valence-electron chi connectivity index (χ4n) is 1.34. The van der Waals surface area contributed by atoms with E-state index < -0.39 is 0 Å². The van der Waals surface area contributed by atoms with Gasteiger partial charge in [-0.1, -0.05) is 12.1 Å². The van der Waals surface area contributed by atoms with Crippen molar-refractivity contribution >= 4 is 18.1 Å². The lowest BCUT2D eigenvalue weighted by atomic mass is 10.1. The topological polar surface area (TPSA) is 73.6 Å². The van der Waals surface area contributed by atoms with Crippen molar-refractivity contribution in [3.8, 4) is 5.75 Å². The van der Waals surface area contributed by atoms with Gasteiger partial charge in [-0.2, -0.15) is 3.89 Å². The highest BCUT2D eigenvalue weighted by Crippen LogP contribution is 2.20. The Hall–Kier alpha value is -1.43. The molecule has 0 aliphatic carbocycles. The standard InChI is InChI=1S/C11H16FN3OS/c1-8-6-9(7-15-11(13)14)2-3-10(8)16-4-5-17-12/h2-3,6H,4-5,7H2,1H3,(H4,13,14,15). The molecule has 1 aromatic rings. The Kier molecular flexibility index (Phi) is 5.62. The van der Waals surface area contributed by atoms with E-state index in [2.05, 4.69) is 4.99 Å². The van der Waals surface area contributed by atoms with E-state index in [1.807, 2.05) is 25.1 Å². The number of hydrogen-bond donors (Lipinski definition) is 2. The highest BCUT2D eigenvalue weighted by Gasteiger charge is 2.01. The normalized spacial score (nSPS) is 10.0. The van der Waals surface area contributed by atoms with Crippen molar-refractivity contribution in [1.82, 2.24) is 0 Å². The summed E-state index contributed by atoms with van der Waals surface area (Å²) >= 11 is 0.271. The van der Waals surface area contributed by atoms with Crippen LogP contribution < -0.4 is 16.2 Å². The average Bonchev–Trinajstić information content (AvgIpc) is 2.29. The van der Waals surface area contributed by atoms with Gasteiger partial charge in [0.05, 0.1) is 18.9 Å². The monoisotopic (exact) mass is 257 g/mol. The van der Waals surface area contributed by atoms with Crippen molar-refractivity contribution in [2.24, 2.45) is 16.5 Å². The Morgan fingerprint density at radius 1 is 1.47 bits per heavy atom. The van der Waals surface area contributed by atoms with Crippen LogP contribution in [-0.4, -0.2) is 18.3 Å². The Morgan fingerprint density at radius 2 is 2.24 bits per heavy atom. The summed E-state index contributed by atoms with van der Waals surface area (Å²) in [6, 6.07) is 5.68. The van der Waals surface area contributed by atoms with E-state index in [0.717, 1.165) is 16.9 Å². The molecular formula is C11H16FN3OS. The Bertz CT molecular complexity index is 394. The Morgan fingerprint density at radius 3 is 2.82 bits per heavy atom. The molecule has 0 aliphatic heterocycles. The van der Waals surface area contributed by atoms with Crippen LogP contribution in [0.25, 0.3) is 0 Å². The number of rotatable bonds is 6. The van der Waals surface area contributed by atoms with Crippen molar-refractivity contribution < 1.29 is 8.62 Å². The highest BCUT2D eigenvalue weighted by atomic mass is 32.2. The molecule has 1 aromatic carbocycles. The van der Waals surface area contributed by atoms with Crippen LogP contribution in [-0.2, 0) is 6.54 Å². The van der Waals surface area contributed by atoms with E-state index in [-0.39, 0.29) is 18.1 Å². The second kappa shape index (κ2) is 7.01. The minimum Gasteiger partial charge on any atom is -0.492 e. The van der Waals surface area contributed by atoms with Crippen LogP contribution in [0, 0.1) is 6.92 Å². The molecule has 0 aliphatic rings. The largest absolute Gasteiger partial charge is 0.492 e. The maximum absolute atomic E-state index is 11.8. The molecule has 0 unspecified atom stereocenters. The number of aryl methyl sites for hydroxylation is 1. The maximum Gasteiger partial charge on any atom is 0.186 e. The molecular weight excluding hydrogens is 241 g/mol. The molecule has 17 heavy (non-hydrogen) atoms. The number of aliphatic imine (C=N–C) groups is 1. The first-order valence-electron chi connectivity index (χ1n) is 5.14. The van der Waals surface area contributed by atoms with Crippen LogP contribution in [0.3, 0.4) is 0 Å². The van der Waals surface area contributed by atoms with E-state index >= 15 is 0 Å². The van der Waals surface area contributed by atoms with Crippen molar-refractivity contribution in [1.29, 1.82) is 0 Å². The summed E-state index contributed by atoms with van der Waals surface area (Å²) in [4.78, 5) is 3.92. The van der Waals surface area contributed by atoms with Gasteiger partial charge in [-0.15, -0.1) is 0 Å². The predicted octanol–water partition coefficient (Wildman–Crippen LogP) is 1.76. The van der Waals surface area contributed by atoms with Gasteiger partial charge in [0.15, 0.2) is 5.96 Å². The van der Waals surface area contributed by atoms with E-state index in [9.17, 15) is 3.89 Å². The van der Waals surface area contributed by atoms with Crippen LogP contribution in [0.4, 0.5) is 3.89 Å². The highest BCUT2D eigenvalue weighted by molar-refractivity contribution is 7.94. The lowest BCUT2D eigenvalue weighted by molar-refractivity contribution is 0.341. The van der Waals surface area contributed by atoms with Gasteiger partial charge in [0.2, 0.25) is 0 Å². The predicted molar refractivity (Wildman–Crippen MR) is 69.8 cm³/mol. The Balaban J connectivity index is 2.62. The molecule has 0 atom stereocenters. The smallest absolute Gasteiger partial charge is 0.186 e. The lowest BCUT2D eigenvalue weighted by Gasteiger charge is -2.09. The molecule has 0 fully saturated rings. The molecule has 0 bridgehead atoms. The van der Waals surface area contributed by atoms with Gasteiger partial charge in [0.1, 0.15) is 5.75 Å². The van der Waals surface area contributed by atoms with Gasteiger partial charge < -0.3 is 16.2 Å². The minimum atomic E-state index is 0.0722. The van der Waals surface area contributed by atoms with E-state index in [1.54, 1.807) is 0 Å². The molecule has 94 valence electrons. The van der Waals surface area contributed by atoms with Crippen LogP contribution in [0.2, 0.25) is 0 Å². The fraction of sp³-hybridized carbons (Fsp3) is 0.364. The van der Waals surface area contributed by atoms with Crippen LogP contribution in [0.1, 0.15) is 11.1 Å². The summed E-state index contributed by atoms with van der Waals surface area (Å²) in [6.07, 6.45) is 0. The van der Waals surface area contributed by atoms with Crippen molar-refractivity contribution in [2.75, 3.05) is 12.4 Å². The molecule has 6 heteroatoms. The van der Waals surface area contributed by atoms with E-state index in [4.69, 9.17) is 16.2 Å². The molecule has 0 saturated carbocycles. The minimum absolute atomic E-state index is 0.0722. The van der Waals surface area contributed by atoms with Gasteiger partial charge in [0, 0.05) is 12.1 Å². The molecule has 1 rings (SSSR count). The summed E-state index contributed by atoms with van der Waals surface area (Å²) in [5.74, 6) is 1.16. The molecule has 0 spiro atoms. The van der Waals surface area contributed by atoms with Gasteiger partial charge in [-0.25, -0.2) is 4.99 Å². The summed E-state index contributed by atoms with van der Waals surface area (Å²) < 4.78 is 17.2. The summed E-state index contributed by atoms with van der Waals surface area (Å²) in [6.45, 7) is 2.73. The van der Waals surface area contributed by atoms with Crippen molar-refractivity contribution in [2.45, 2.75) is 13.5 Å². The van der Waals surface area contributed by atoms with Crippen molar-refractivity contribution in [3.05, 3.63) is 29.3 Å². The van der Waals surface area contributed by atoms with Crippen molar-refractivity contribution in [3.63, 3.8) is 0 Å². The fourth-order valence-corrected chi connectivity index (χ4v) is 1.48. The summed E-state index contributed by atoms with van der Waals surface area (Å²) in [7, 11) is 0. The van der Waals surface area contributed by atoms with Gasteiger partial charge in [-0.3, -0.25) is 0 Å².